The van der Waals surface area contributed by atoms with Crippen molar-refractivity contribution in [1.82, 2.24) is 44.4 Å². The zero-order chi connectivity index (χ0) is 46.9. The Balaban J connectivity index is 1.05. The molecule has 0 radical (unpaired) electrons. The number of aromatic nitrogens is 8. The summed E-state index contributed by atoms with van der Waals surface area (Å²) in [6.07, 6.45) is -11.3. The highest BCUT2D eigenvalue weighted by Crippen LogP contribution is 2.54. The lowest BCUT2D eigenvalue weighted by Crippen LogP contribution is -2.48. The van der Waals surface area contributed by atoms with Gasteiger partial charge in [0.15, 0.2) is 34.8 Å². The smallest absolute Gasteiger partial charge is 0.420 e. The Bertz CT molecular complexity index is 2930. The summed E-state index contributed by atoms with van der Waals surface area (Å²) in [5, 5.41) is 13.9. The second-order valence-electron chi connectivity index (χ2n) is 14.5. The maximum atomic E-state index is 14.1. The number of hydrogen-bond donors (Lipinski definition) is 7. The van der Waals surface area contributed by atoms with Gasteiger partial charge in [-0.05, 0) is 6.42 Å². The van der Waals surface area contributed by atoms with Crippen molar-refractivity contribution in [3.05, 3.63) is 62.4 Å². The number of halogens is 5. The number of carbonyl (C=O) groups excluding carboxylic acids is 2. The van der Waals surface area contributed by atoms with Crippen LogP contribution in [0.5, 0.6) is 5.75 Å². The quantitative estimate of drug-likeness (QED) is 0.0274. The Hall–Kier alpha value is -5.75. The van der Waals surface area contributed by atoms with Crippen molar-refractivity contribution in [1.29, 1.82) is 0 Å². The number of phosphoric acid groups is 1. The Morgan fingerprint density at radius 1 is 0.831 bits per heavy atom. The molecule has 5 aromatic rings. The van der Waals surface area contributed by atoms with E-state index in [-0.39, 0.29) is 34.2 Å². The molecule has 1 aromatic carbocycles. The van der Waals surface area contributed by atoms with Crippen molar-refractivity contribution >= 4 is 61.5 Å². The van der Waals surface area contributed by atoms with Gasteiger partial charge >= 0.3 is 21.4 Å². The monoisotopic (exact) mass is 967 g/mol. The number of aromatic amines is 2. The highest BCUT2D eigenvalue weighted by molar-refractivity contribution is 7.53. The molecule has 4 unspecified atom stereocenters. The van der Waals surface area contributed by atoms with Crippen LogP contribution in [0.4, 0.5) is 33.8 Å². The first-order chi connectivity index (χ1) is 30.6. The molecule has 3 aliphatic rings. The molecule has 3 aliphatic heterocycles. The topological polar surface area (TPSA) is 365 Å². The second kappa shape index (κ2) is 17.2. The molecule has 0 bridgehead atoms. The van der Waals surface area contributed by atoms with Crippen molar-refractivity contribution < 1.29 is 83.0 Å². The van der Waals surface area contributed by atoms with Crippen molar-refractivity contribution in [3.63, 3.8) is 0 Å². The highest BCUT2D eigenvalue weighted by atomic mass is 31.2. The predicted molar refractivity (Wildman–Crippen MR) is 202 cm³/mol. The maximum Gasteiger partial charge on any atom is 0.472 e. The summed E-state index contributed by atoms with van der Waals surface area (Å²) in [5.41, 5.74) is 9.04. The molecule has 0 aliphatic carbocycles. The Kier molecular flexibility index (Phi) is 12.1. The fourth-order valence-electron chi connectivity index (χ4n) is 7.17. The van der Waals surface area contributed by atoms with E-state index in [2.05, 4.69) is 40.0 Å². The number of carbonyl (C=O) groups is 2. The van der Waals surface area contributed by atoms with E-state index in [0.29, 0.717) is 0 Å². The number of nitrogens with one attached hydrogen (secondary N) is 3. The largest absolute Gasteiger partial charge is 0.472 e. The molecule has 4 aromatic heterocycles. The van der Waals surface area contributed by atoms with E-state index >= 15 is 0 Å². The molecule has 8 rings (SSSR count). The van der Waals surface area contributed by atoms with Gasteiger partial charge in [-0.25, -0.2) is 27.7 Å². The number of rotatable bonds is 8. The van der Waals surface area contributed by atoms with E-state index in [9.17, 15) is 60.3 Å². The molecule has 7 heterocycles. The number of aliphatic hydroxyl groups excluding tert-OH is 1. The molecule has 1 amide bonds. The van der Waals surface area contributed by atoms with Crippen LogP contribution in [-0.4, -0.2) is 117 Å². The maximum absolute atomic E-state index is 14.1. The number of nitrogens with zero attached hydrogens (tertiary/aromatic N) is 6. The number of imidazole rings is 2. The van der Waals surface area contributed by atoms with Gasteiger partial charge < -0.3 is 50.0 Å². The van der Waals surface area contributed by atoms with Crippen molar-refractivity contribution in [2.75, 3.05) is 31.3 Å². The molecule has 0 spiro atoms. The highest BCUT2D eigenvalue weighted by Gasteiger charge is 2.54. The van der Waals surface area contributed by atoms with Gasteiger partial charge in [0.1, 0.15) is 36.6 Å². The van der Waals surface area contributed by atoms with Crippen molar-refractivity contribution in [3.8, 4) is 5.75 Å². The Morgan fingerprint density at radius 3 is 1.95 bits per heavy atom. The van der Waals surface area contributed by atoms with E-state index in [1.165, 1.54) is 0 Å². The van der Waals surface area contributed by atoms with E-state index < -0.39 is 155 Å². The lowest BCUT2D eigenvalue weighted by atomic mass is 10.1. The van der Waals surface area contributed by atoms with Gasteiger partial charge in [0, 0.05) is 19.5 Å². The van der Waals surface area contributed by atoms with E-state index in [1.807, 2.05) is 0 Å². The molecule has 33 heteroatoms. The van der Waals surface area contributed by atoms with Gasteiger partial charge in [-0.2, -0.15) is 18.7 Å². The van der Waals surface area contributed by atoms with Crippen LogP contribution >= 0.6 is 15.4 Å². The normalized spacial score (nSPS) is 29.5. The Labute approximate surface area is 356 Å². The first-order valence-electron chi connectivity index (χ1n) is 18.6. The Morgan fingerprint density at radius 2 is 1.35 bits per heavy atom. The number of hydrogen-bond acceptors (Lipinski definition) is 20. The zero-order valence-corrected chi connectivity index (χ0v) is 34.4. The fourth-order valence-corrected chi connectivity index (χ4v) is 9.32. The molecule has 3 fully saturated rings. The molecule has 3 saturated heterocycles. The molecule has 9 N–H and O–H groups in total. The van der Waals surface area contributed by atoms with Crippen LogP contribution in [0.25, 0.3) is 22.3 Å². The first-order valence-corrected chi connectivity index (χ1v) is 22.1. The molecule has 26 nitrogen and oxygen atoms in total. The first kappa shape index (κ1) is 45.8. The third-order valence-corrected chi connectivity index (χ3v) is 12.3. The predicted octanol–water partition coefficient (Wildman–Crippen LogP) is 0.270. The van der Waals surface area contributed by atoms with Crippen LogP contribution in [0.15, 0.2) is 22.2 Å². The van der Waals surface area contributed by atoms with E-state index in [0.717, 1.165) is 28.5 Å². The minimum absolute atomic E-state index is 0.161. The third kappa shape index (κ3) is 8.86. The van der Waals surface area contributed by atoms with Crippen molar-refractivity contribution in [2.24, 2.45) is 0 Å². The number of nitrogens with two attached hydrogens (primary N) is 2. The average molecular weight is 968 g/mol. The number of ether oxygens (including phenoxy) is 3. The number of nitrogen functional groups attached to an aromatic ring is 2. The fraction of sp³-hybridized carbons (Fsp3) is 0.438. The van der Waals surface area contributed by atoms with Crippen LogP contribution in [0.2, 0.25) is 0 Å². The molecular formula is C32H32F5N11O15P2. The second-order valence-corrected chi connectivity index (χ2v) is 17.9. The van der Waals surface area contributed by atoms with Crippen LogP contribution < -0.4 is 32.6 Å². The van der Waals surface area contributed by atoms with Crippen LogP contribution in [0.3, 0.4) is 0 Å². The summed E-state index contributed by atoms with van der Waals surface area (Å²) in [5.74, 6) is -17.1. The van der Waals surface area contributed by atoms with Gasteiger partial charge in [0.2, 0.25) is 52.6 Å². The SMILES string of the molecule is CP1(=O)OC[C@H]2O[C@@H](n3cnc4c(=O)[nH]c(N)nc43)C(O)[C@H]2OP(=O)(O)OC[C@H]2O[C@@H](n3cnc4c(=O)[nH]c(N)nc43)C(NC(=O)CCCC(=O)Oc3c(F)c(F)c(F)c(F)c3F)[C@H]2O1. The number of amides is 1. The summed E-state index contributed by atoms with van der Waals surface area (Å²) in [6, 6.07) is -1.56. The molecule has 65 heavy (non-hydrogen) atoms. The molecular weight excluding hydrogens is 935 g/mol. The minimum atomic E-state index is -5.29. The number of aliphatic hydroxyl groups is 1. The van der Waals surface area contributed by atoms with Gasteiger partial charge in [0.25, 0.3) is 11.1 Å². The lowest BCUT2D eigenvalue weighted by molar-refractivity contribution is -0.135. The zero-order valence-electron chi connectivity index (χ0n) is 32.6. The van der Waals surface area contributed by atoms with E-state index in [4.69, 9.17) is 39.0 Å². The number of anilines is 2. The molecule has 350 valence electrons. The van der Waals surface area contributed by atoms with Gasteiger partial charge in [-0.1, -0.05) is 0 Å². The number of phosphoric ester groups is 1. The lowest BCUT2D eigenvalue weighted by Gasteiger charge is -2.30. The minimum Gasteiger partial charge on any atom is -0.420 e. The number of benzene rings is 1. The summed E-state index contributed by atoms with van der Waals surface area (Å²) < 4.78 is 137. The molecule has 10 atom stereocenters. The van der Waals surface area contributed by atoms with Gasteiger partial charge in [-0.15, -0.1) is 0 Å². The number of H-pyrrole nitrogens is 2. The number of fused-ring (bicyclic) bond motifs is 4. The van der Waals surface area contributed by atoms with Crippen LogP contribution in [0.1, 0.15) is 31.7 Å². The summed E-state index contributed by atoms with van der Waals surface area (Å²) in [6.45, 7) is -0.748. The summed E-state index contributed by atoms with van der Waals surface area (Å²) in [7, 11) is -9.70. The van der Waals surface area contributed by atoms with Crippen molar-refractivity contribution in [2.45, 2.75) is 68.3 Å². The van der Waals surface area contributed by atoms with Gasteiger partial charge in [0.05, 0.1) is 25.9 Å². The molecule has 0 saturated carbocycles. The third-order valence-electron chi connectivity index (χ3n) is 10.0. The van der Waals surface area contributed by atoms with Gasteiger partial charge in [-0.3, -0.25) is 51.9 Å². The van der Waals surface area contributed by atoms with E-state index in [1.54, 1.807) is 0 Å². The van der Waals surface area contributed by atoms with Crippen LogP contribution in [-0.2, 0) is 46.3 Å². The average Bonchev–Trinajstić information content (AvgIpc) is 4.00. The summed E-state index contributed by atoms with van der Waals surface area (Å²) in [4.78, 5) is 82.5. The summed E-state index contributed by atoms with van der Waals surface area (Å²) >= 11 is 0. The van der Waals surface area contributed by atoms with Crippen LogP contribution in [0, 0.1) is 29.1 Å². The number of esters is 1. The standard InChI is InChI=1S/C32H32F5N11O15P2/c1-64(54)57-5-10-23(21(51)30(60-10)48-8-41-20-26(48)44-32(39)46-28(20)53)63-65(55,56)58-6-9-22(62-64)18(29(59-9)47-7-40-19-25(47)43-31(38)45-27(19)52)42-11(49)3-2-4-12(50)61-24-16(36)14(34)13(33)15(35)17(24)37/h7-10,18,21-23,29-30,51H,2-6H2,1H3,(H,42,49)(H,55,56)(H3,38,43,45,52)(H3,39,44,46,53)/t9-,10-,18?,21?,22+,23+,29-,30-,64?/m1/s1.